The molecule has 1 aliphatic heterocycles. The molecule has 0 amide bonds. The molecule has 2 aromatic carbocycles. The Balaban J connectivity index is 1.93. The zero-order chi connectivity index (χ0) is 11.5. The maximum atomic E-state index is 4.64. The first kappa shape index (κ1) is 10.3. The molecule has 0 N–H and O–H groups in total. The van der Waals surface area contributed by atoms with Gasteiger partial charge in [-0.2, -0.15) is 0 Å². The lowest BCUT2D eigenvalue weighted by Gasteiger charge is -2.18. The van der Waals surface area contributed by atoms with Crippen molar-refractivity contribution in [2.75, 3.05) is 0 Å². The highest BCUT2D eigenvalue weighted by atomic mass is 14.8. The first-order chi connectivity index (χ1) is 8.45. The maximum Gasteiger partial charge on any atom is 0.0817 e. The second kappa shape index (κ2) is 4.54. The van der Waals surface area contributed by atoms with Crippen LogP contribution in [0.15, 0.2) is 65.7 Å². The monoisotopic (exact) mass is 221 g/mol. The van der Waals surface area contributed by atoms with Crippen molar-refractivity contribution in [3.8, 4) is 0 Å². The van der Waals surface area contributed by atoms with Crippen LogP contribution in [0, 0.1) is 0 Å². The van der Waals surface area contributed by atoms with Gasteiger partial charge in [-0.05, 0) is 17.5 Å². The molecule has 1 nitrogen and oxygen atoms in total. The fraction of sp³-hybridized carbons (Fsp3) is 0.188. The Morgan fingerprint density at radius 3 is 2.00 bits per heavy atom. The van der Waals surface area contributed by atoms with Crippen molar-refractivity contribution in [2.45, 2.75) is 18.4 Å². The largest absolute Gasteiger partial charge is 0.289 e. The molecular weight excluding hydrogens is 206 g/mol. The molecule has 84 valence electrons. The van der Waals surface area contributed by atoms with E-state index in [1.165, 1.54) is 11.1 Å². The van der Waals surface area contributed by atoms with Gasteiger partial charge in [0.1, 0.15) is 0 Å². The quantitative estimate of drug-likeness (QED) is 0.727. The van der Waals surface area contributed by atoms with Crippen molar-refractivity contribution in [2.24, 2.45) is 4.99 Å². The Morgan fingerprint density at radius 1 is 0.765 bits per heavy atom. The minimum Gasteiger partial charge on any atom is -0.289 e. The lowest BCUT2D eigenvalue weighted by atomic mass is 9.87. The van der Waals surface area contributed by atoms with Gasteiger partial charge < -0.3 is 0 Å². The summed E-state index contributed by atoms with van der Waals surface area (Å²) in [4.78, 5) is 4.64. The van der Waals surface area contributed by atoms with Crippen molar-refractivity contribution < 1.29 is 0 Å². The molecule has 0 spiro atoms. The molecule has 0 bridgehead atoms. The molecule has 17 heavy (non-hydrogen) atoms. The van der Waals surface area contributed by atoms with Crippen LogP contribution in [-0.2, 0) is 0 Å². The van der Waals surface area contributed by atoms with Crippen LogP contribution in [-0.4, -0.2) is 6.21 Å². The zero-order valence-electron chi connectivity index (χ0n) is 9.66. The molecule has 1 heterocycles. The highest BCUT2D eigenvalue weighted by Crippen LogP contribution is 2.39. The van der Waals surface area contributed by atoms with E-state index in [0.717, 1.165) is 6.42 Å². The third-order valence-electron chi connectivity index (χ3n) is 3.38. The maximum absolute atomic E-state index is 4.64. The van der Waals surface area contributed by atoms with Gasteiger partial charge in [-0.1, -0.05) is 60.7 Å². The van der Waals surface area contributed by atoms with Crippen LogP contribution in [0.1, 0.15) is 29.5 Å². The third kappa shape index (κ3) is 2.01. The Labute approximate surface area is 102 Å². The van der Waals surface area contributed by atoms with Gasteiger partial charge in [0, 0.05) is 12.1 Å². The fourth-order valence-corrected chi connectivity index (χ4v) is 2.51. The van der Waals surface area contributed by atoms with Crippen LogP contribution in [0.5, 0.6) is 0 Å². The second-order valence-corrected chi connectivity index (χ2v) is 4.44. The molecule has 0 fully saturated rings. The Morgan fingerprint density at radius 2 is 1.35 bits per heavy atom. The van der Waals surface area contributed by atoms with Gasteiger partial charge in [0.2, 0.25) is 0 Å². The molecule has 2 aromatic rings. The summed E-state index contributed by atoms with van der Waals surface area (Å²) in [5.41, 5.74) is 2.70. The lowest BCUT2D eigenvalue weighted by Crippen LogP contribution is -2.04. The van der Waals surface area contributed by atoms with Crippen LogP contribution in [0.3, 0.4) is 0 Å². The van der Waals surface area contributed by atoms with E-state index < -0.39 is 0 Å². The van der Waals surface area contributed by atoms with Gasteiger partial charge >= 0.3 is 0 Å². The summed E-state index contributed by atoms with van der Waals surface area (Å²) in [5, 5.41) is 0. The van der Waals surface area contributed by atoms with Crippen LogP contribution < -0.4 is 0 Å². The van der Waals surface area contributed by atoms with Gasteiger partial charge in [0.25, 0.3) is 0 Å². The minimum absolute atomic E-state index is 0.290. The van der Waals surface area contributed by atoms with Gasteiger partial charge in [-0.15, -0.1) is 0 Å². The van der Waals surface area contributed by atoms with Gasteiger partial charge in [-0.3, -0.25) is 4.99 Å². The number of rotatable bonds is 2. The molecule has 3 rings (SSSR count). The van der Waals surface area contributed by atoms with Gasteiger partial charge in [0.05, 0.1) is 6.04 Å². The first-order valence-electron chi connectivity index (χ1n) is 6.06. The molecule has 0 saturated carbocycles. The van der Waals surface area contributed by atoms with E-state index in [-0.39, 0.29) is 0 Å². The van der Waals surface area contributed by atoms with E-state index >= 15 is 0 Å². The smallest absolute Gasteiger partial charge is 0.0817 e. The fourth-order valence-electron chi connectivity index (χ4n) is 2.51. The van der Waals surface area contributed by atoms with Crippen molar-refractivity contribution in [1.82, 2.24) is 0 Å². The zero-order valence-corrected chi connectivity index (χ0v) is 9.66. The van der Waals surface area contributed by atoms with E-state index in [9.17, 15) is 0 Å². The Kier molecular flexibility index (Phi) is 2.74. The predicted octanol–water partition coefficient (Wildman–Crippen LogP) is 3.99. The molecular formula is C16H15N. The standard InChI is InChI=1S/C16H15N/c1-3-7-13(8-4-1)15-11-12-17-16(15)14-9-5-2-6-10-14/h1-10,12,15-16H,11H2. The molecule has 2 unspecified atom stereocenters. The topological polar surface area (TPSA) is 12.4 Å². The summed E-state index contributed by atoms with van der Waals surface area (Å²) in [6, 6.07) is 21.5. The summed E-state index contributed by atoms with van der Waals surface area (Å²) in [6.07, 6.45) is 3.11. The van der Waals surface area contributed by atoms with Crippen molar-refractivity contribution in [3.05, 3.63) is 71.8 Å². The van der Waals surface area contributed by atoms with E-state index in [0.29, 0.717) is 12.0 Å². The molecule has 2 atom stereocenters. The lowest BCUT2D eigenvalue weighted by molar-refractivity contribution is 0.615. The van der Waals surface area contributed by atoms with Crippen molar-refractivity contribution >= 4 is 6.21 Å². The summed E-state index contributed by atoms with van der Waals surface area (Å²) < 4.78 is 0. The highest BCUT2D eigenvalue weighted by Gasteiger charge is 2.26. The Hall–Kier alpha value is -1.89. The second-order valence-electron chi connectivity index (χ2n) is 4.44. The average Bonchev–Trinajstić information content (AvgIpc) is 2.90. The van der Waals surface area contributed by atoms with Gasteiger partial charge in [-0.25, -0.2) is 0 Å². The first-order valence-corrected chi connectivity index (χ1v) is 6.06. The van der Waals surface area contributed by atoms with Crippen LogP contribution in [0.2, 0.25) is 0 Å². The number of aliphatic imine (C=N–C) groups is 1. The highest BCUT2D eigenvalue weighted by molar-refractivity contribution is 5.63. The van der Waals surface area contributed by atoms with Crippen LogP contribution in [0.4, 0.5) is 0 Å². The number of hydrogen-bond acceptors (Lipinski definition) is 1. The summed E-state index contributed by atoms with van der Waals surface area (Å²) in [6.45, 7) is 0. The summed E-state index contributed by atoms with van der Waals surface area (Å²) in [7, 11) is 0. The number of nitrogens with zero attached hydrogens (tertiary/aromatic N) is 1. The summed E-state index contributed by atoms with van der Waals surface area (Å²) >= 11 is 0. The van der Waals surface area contributed by atoms with Crippen molar-refractivity contribution in [1.29, 1.82) is 0 Å². The number of benzene rings is 2. The van der Waals surface area contributed by atoms with E-state index in [1.54, 1.807) is 0 Å². The molecule has 1 heteroatoms. The van der Waals surface area contributed by atoms with Crippen molar-refractivity contribution in [3.63, 3.8) is 0 Å². The van der Waals surface area contributed by atoms with Crippen LogP contribution >= 0.6 is 0 Å². The molecule has 0 saturated heterocycles. The predicted molar refractivity (Wildman–Crippen MR) is 71.5 cm³/mol. The normalized spacial score (nSPS) is 22.8. The van der Waals surface area contributed by atoms with Gasteiger partial charge in [0.15, 0.2) is 0 Å². The van der Waals surface area contributed by atoms with E-state index in [2.05, 4.69) is 71.9 Å². The summed E-state index contributed by atoms with van der Waals surface area (Å²) in [5.74, 6) is 0.499. The van der Waals surface area contributed by atoms with E-state index in [1.807, 2.05) is 0 Å². The Bertz CT molecular complexity index is 502. The average molecular weight is 221 g/mol. The van der Waals surface area contributed by atoms with E-state index in [4.69, 9.17) is 0 Å². The molecule has 0 radical (unpaired) electrons. The number of hydrogen-bond donors (Lipinski definition) is 0. The third-order valence-corrected chi connectivity index (χ3v) is 3.38. The van der Waals surface area contributed by atoms with Crippen LogP contribution in [0.25, 0.3) is 0 Å². The molecule has 1 aliphatic rings. The molecule has 0 aliphatic carbocycles. The molecule has 0 aromatic heterocycles. The SMILES string of the molecule is C1=NC(c2ccccc2)C(c2ccccc2)C1. The minimum atomic E-state index is 0.290.